The number of aromatic nitrogens is 2. The summed E-state index contributed by atoms with van der Waals surface area (Å²) in [5, 5.41) is 1.04. The summed E-state index contributed by atoms with van der Waals surface area (Å²) in [4.78, 5) is 7.44. The molecule has 0 saturated carbocycles. The zero-order valence-corrected chi connectivity index (χ0v) is 20.8. The SMILES string of the molecule is CN1CCc2c(c3cc(S(=O)(=O)c4ccccc4)ccc3n2CCc2ccccn2)C1.Cl.Cl. The summed E-state index contributed by atoms with van der Waals surface area (Å²) in [7, 11) is -1.43. The molecule has 0 N–H and O–H groups in total. The smallest absolute Gasteiger partial charge is 0.206 e. The van der Waals surface area contributed by atoms with Gasteiger partial charge in [-0.05, 0) is 55.1 Å². The maximum Gasteiger partial charge on any atom is 0.206 e. The van der Waals surface area contributed by atoms with Crippen molar-refractivity contribution in [2.45, 2.75) is 35.7 Å². The van der Waals surface area contributed by atoms with Crippen LogP contribution in [0.4, 0.5) is 0 Å². The van der Waals surface area contributed by atoms with Gasteiger partial charge < -0.3 is 9.47 Å². The number of nitrogens with zero attached hydrogens (tertiary/aromatic N) is 3. The van der Waals surface area contributed by atoms with Crippen LogP contribution in [0.15, 0.2) is 82.7 Å². The van der Waals surface area contributed by atoms with Crippen molar-refractivity contribution in [2.24, 2.45) is 0 Å². The highest BCUT2D eigenvalue weighted by molar-refractivity contribution is 7.91. The maximum absolute atomic E-state index is 13.2. The molecule has 0 radical (unpaired) electrons. The Hall–Kier alpha value is -2.38. The molecule has 2 aromatic heterocycles. The molecular weight excluding hydrogens is 477 g/mol. The number of hydrogen-bond acceptors (Lipinski definition) is 4. The predicted molar refractivity (Wildman–Crippen MR) is 136 cm³/mol. The quantitative estimate of drug-likeness (QED) is 0.386. The van der Waals surface area contributed by atoms with Crippen molar-refractivity contribution in [2.75, 3.05) is 13.6 Å². The number of fused-ring (bicyclic) bond motifs is 3. The Bertz CT molecular complexity index is 1340. The molecule has 5 nitrogen and oxygen atoms in total. The van der Waals surface area contributed by atoms with Gasteiger partial charge in [0.1, 0.15) is 0 Å². The molecule has 1 aliphatic rings. The summed E-state index contributed by atoms with van der Waals surface area (Å²) >= 11 is 0. The molecule has 4 aromatic rings. The minimum atomic E-state index is -3.55. The van der Waals surface area contributed by atoms with Crippen molar-refractivity contribution < 1.29 is 8.42 Å². The molecular formula is C25H27Cl2N3O2S. The zero-order chi connectivity index (χ0) is 21.4. The van der Waals surface area contributed by atoms with Crippen molar-refractivity contribution in [3.63, 3.8) is 0 Å². The fourth-order valence-corrected chi connectivity index (χ4v) is 5.80. The molecule has 2 aromatic carbocycles. The van der Waals surface area contributed by atoms with E-state index in [1.165, 1.54) is 11.3 Å². The topological polar surface area (TPSA) is 55.2 Å². The Labute approximate surface area is 207 Å². The van der Waals surface area contributed by atoms with Gasteiger partial charge in [-0.1, -0.05) is 24.3 Å². The van der Waals surface area contributed by atoms with Gasteiger partial charge in [-0.25, -0.2) is 8.42 Å². The highest BCUT2D eigenvalue weighted by Gasteiger charge is 2.25. The summed E-state index contributed by atoms with van der Waals surface area (Å²) < 4.78 is 28.8. The lowest BCUT2D eigenvalue weighted by Gasteiger charge is -2.24. The molecule has 8 heteroatoms. The van der Waals surface area contributed by atoms with Crippen LogP contribution in [0, 0.1) is 0 Å². The Balaban J connectivity index is 0.00000153. The van der Waals surface area contributed by atoms with Crippen LogP contribution in [0.5, 0.6) is 0 Å². The van der Waals surface area contributed by atoms with Crippen LogP contribution in [-0.4, -0.2) is 36.5 Å². The van der Waals surface area contributed by atoms with E-state index in [9.17, 15) is 8.42 Å². The second-order valence-corrected chi connectivity index (χ2v) is 10.1. The van der Waals surface area contributed by atoms with Crippen molar-refractivity contribution in [1.82, 2.24) is 14.5 Å². The molecule has 0 fully saturated rings. The van der Waals surface area contributed by atoms with Crippen LogP contribution in [0.2, 0.25) is 0 Å². The molecule has 0 amide bonds. The fraction of sp³-hybridized carbons (Fsp3) is 0.240. The molecule has 33 heavy (non-hydrogen) atoms. The summed E-state index contributed by atoms with van der Waals surface area (Å²) in [6.07, 6.45) is 3.63. The molecule has 1 aliphatic heterocycles. The van der Waals surface area contributed by atoms with Gasteiger partial charge in [0.15, 0.2) is 0 Å². The molecule has 0 aliphatic carbocycles. The predicted octanol–water partition coefficient (Wildman–Crippen LogP) is 4.94. The standard InChI is InChI=1S/C25H25N3O2S.2ClH/c1-27-15-13-25-23(18-27)22-17-21(31(29,30)20-8-3-2-4-9-20)10-11-24(22)28(25)16-12-19-7-5-6-14-26-19;;/h2-11,14,17H,12-13,15-16,18H2,1H3;2*1H. The molecule has 0 spiro atoms. The van der Waals surface area contributed by atoms with Crippen LogP contribution < -0.4 is 0 Å². The Morgan fingerprint density at radius 3 is 2.42 bits per heavy atom. The molecule has 0 unspecified atom stereocenters. The Morgan fingerprint density at radius 1 is 0.939 bits per heavy atom. The maximum atomic E-state index is 13.2. The van der Waals surface area contributed by atoms with E-state index in [-0.39, 0.29) is 24.8 Å². The van der Waals surface area contributed by atoms with E-state index in [4.69, 9.17) is 0 Å². The Morgan fingerprint density at radius 2 is 1.70 bits per heavy atom. The fourth-order valence-electron chi connectivity index (χ4n) is 4.49. The average Bonchev–Trinajstić information content (AvgIpc) is 3.11. The van der Waals surface area contributed by atoms with E-state index in [1.807, 2.05) is 36.5 Å². The number of benzene rings is 2. The van der Waals surface area contributed by atoms with Crippen LogP contribution in [0.1, 0.15) is 17.0 Å². The summed E-state index contributed by atoms with van der Waals surface area (Å²) in [6, 6.07) is 20.2. The highest BCUT2D eigenvalue weighted by atomic mass is 35.5. The van der Waals surface area contributed by atoms with Gasteiger partial charge in [-0.2, -0.15) is 0 Å². The van der Waals surface area contributed by atoms with Crippen LogP contribution in [0.3, 0.4) is 0 Å². The lowest BCUT2D eigenvalue weighted by atomic mass is 10.1. The molecule has 0 saturated heterocycles. The number of pyridine rings is 1. The number of sulfone groups is 1. The van der Waals surface area contributed by atoms with Gasteiger partial charge in [0.05, 0.1) is 9.79 Å². The molecule has 5 rings (SSSR count). The van der Waals surface area contributed by atoms with Gasteiger partial charge in [0, 0.05) is 61.0 Å². The average molecular weight is 504 g/mol. The first-order chi connectivity index (χ1) is 15.0. The minimum absolute atomic E-state index is 0. The largest absolute Gasteiger partial charge is 0.344 e. The van der Waals surface area contributed by atoms with Crippen molar-refractivity contribution in [3.8, 4) is 0 Å². The summed E-state index contributed by atoms with van der Waals surface area (Å²) in [5.41, 5.74) is 4.73. The molecule has 3 heterocycles. The first-order valence-corrected chi connectivity index (χ1v) is 12.0. The first-order valence-electron chi connectivity index (χ1n) is 10.6. The van der Waals surface area contributed by atoms with Crippen LogP contribution in [0.25, 0.3) is 10.9 Å². The van der Waals surface area contributed by atoms with Crippen LogP contribution >= 0.6 is 24.8 Å². The van der Waals surface area contributed by atoms with Gasteiger partial charge in [0.2, 0.25) is 9.84 Å². The molecule has 0 atom stereocenters. The van der Waals surface area contributed by atoms with Gasteiger partial charge in [-0.3, -0.25) is 4.98 Å². The lowest BCUT2D eigenvalue weighted by molar-refractivity contribution is 0.309. The number of hydrogen-bond donors (Lipinski definition) is 0. The number of likely N-dealkylation sites (N-methyl/N-ethyl adjacent to an activating group) is 1. The zero-order valence-electron chi connectivity index (χ0n) is 18.3. The van der Waals surface area contributed by atoms with E-state index in [0.717, 1.165) is 49.1 Å². The van der Waals surface area contributed by atoms with E-state index in [0.29, 0.717) is 9.79 Å². The third-order valence-electron chi connectivity index (χ3n) is 6.10. The van der Waals surface area contributed by atoms with Crippen molar-refractivity contribution in [1.29, 1.82) is 0 Å². The van der Waals surface area contributed by atoms with Crippen LogP contribution in [-0.2, 0) is 35.8 Å². The monoisotopic (exact) mass is 503 g/mol. The number of aryl methyl sites for hydroxylation is 2. The summed E-state index contributed by atoms with van der Waals surface area (Å²) in [5.74, 6) is 0. The van der Waals surface area contributed by atoms with Gasteiger partial charge in [-0.15, -0.1) is 24.8 Å². The van der Waals surface area contributed by atoms with E-state index in [2.05, 4.69) is 27.6 Å². The first kappa shape index (κ1) is 25.2. The number of halogens is 2. The Kier molecular flexibility index (Phi) is 7.85. The second-order valence-electron chi connectivity index (χ2n) is 8.13. The minimum Gasteiger partial charge on any atom is -0.344 e. The van der Waals surface area contributed by atoms with Gasteiger partial charge in [0.25, 0.3) is 0 Å². The second kappa shape index (κ2) is 10.3. The van der Waals surface area contributed by atoms with E-state index in [1.54, 1.807) is 30.3 Å². The van der Waals surface area contributed by atoms with Gasteiger partial charge >= 0.3 is 0 Å². The third-order valence-corrected chi connectivity index (χ3v) is 7.87. The molecule has 0 bridgehead atoms. The van der Waals surface area contributed by atoms with E-state index < -0.39 is 9.84 Å². The van der Waals surface area contributed by atoms with Crippen molar-refractivity contribution >= 4 is 45.6 Å². The highest BCUT2D eigenvalue weighted by Crippen LogP contribution is 2.33. The number of rotatable bonds is 5. The van der Waals surface area contributed by atoms with Crippen molar-refractivity contribution in [3.05, 3.63) is 89.9 Å². The van der Waals surface area contributed by atoms with E-state index >= 15 is 0 Å². The molecule has 174 valence electrons. The lowest BCUT2D eigenvalue weighted by Crippen LogP contribution is -2.27. The third kappa shape index (κ3) is 4.80. The normalized spacial score (nSPS) is 13.7. The summed E-state index contributed by atoms with van der Waals surface area (Å²) in [6.45, 7) is 2.66.